The number of amides is 1. The third-order valence-corrected chi connectivity index (χ3v) is 4.50. The van der Waals surface area contributed by atoms with E-state index in [1.165, 1.54) is 11.3 Å². The van der Waals surface area contributed by atoms with E-state index in [2.05, 4.69) is 15.3 Å². The molecule has 118 valence electrons. The van der Waals surface area contributed by atoms with E-state index < -0.39 is 0 Å². The molecule has 1 saturated heterocycles. The lowest BCUT2D eigenvalue weighted by Crippen LogP contribution is -2.37. The van der Waals surface area contributed by atoms with E-state index >= 15 is 0 Å². The number of carbonyl (C=O) groups excluding carboxylic acids is 1. The largest absolute Gasteiger partial charge is 0.379 e. The van der Waals surface area contributed by atoms with Crippen LogP contribution in [0.15, 0.2) is 35.2 Å². The molecular formula is C16H16N4O2S. The Bertz CT molecular complexity index is 822. The summed E-state index contributed by atoms with van der Waals surface area (Å²) in [6.07, 6.45) is 0.870. The van der Waals surface area contributed by atoms with Crippen LogP contribution in [-0.2, 0) is 16.1 Å². The number of nitrogens with one attached hydrogen (secondary N) is 1. The third-order valence-electron chi connectivity index (χ3n) is 3.91. The van der Waals surface area contributed by atoms with Gasteiger partial charge in [-0.15, -0.1) is 11.3 Å². The third kappa shape index (κ3) is 2.85. The molecule has 1 unspecified atom stereocenters. The quantitative estimate of drug-likeness (QED) is 0.796. The first-order valence-electron chi connectivity index (χ1n) is 7.52. The minimum Gasteiger partial charge on any atom is -0.379 e. The van der Waals surface area contributed by atoms with Crippen LogP contribution in [0.2, 0.25) is 0 Å². The van der Waals surface area contributed by atoms with Gasteiger partial charge in [-0.25, -0.2) is 9.97 Å². The molecule has 0 saturated carbocycles. The Balaban J connectivity index is 1.67. The average Bonchev–Trinajstić information content (AvgIpc) is 3.28. The van der Waals surface area contributed by atoms with Crippen LogP contribution in [0, 0.1) is 0 Å². The highest BCUT2D eigenvalue weighted by Crippen LogP contribution is 2.24. The summed E-state index contributed by atoms with van der Waals surface area (Å²) in [5, 5.41) is 4.97. The van der Waals surface area contributed by atoms with Crippen molar-refractivity contribution < 1.29 is 9.53 Å². The molecule has 4 rings (SSSR count). The number of para-hydroxylation sites is 2. The van der Waals surface area contributed by atoms with Gasteiger partial charge in [0.2, 0.25) is 5.91 Å². The zero-order chi connectivity index (χ0) is 15.6. The van der Waals surface area contributed by atoms with Crippen molar-refractivity contribution in [2.75, 3.05) is 13.2 Å². The first-order valence-corrected chi connectivity index (χ1v) is 8.46. The molecule has 1 aliphatic heterocycles. The number of ether oxygens (including phenoxy) is 1. The second-order valence-electron chi connectivity index (χ2n) is 5.51. The maximum absolute atomic E-state index is 12.4. The molecule has 1 amide bonds. The topological polar surface area (TPSA) is 69.0 Å². The highest BCUT2D eigenvalue weighted by molar-refractivity contribution is 7.07. The summed E-state index contributed by atoms with van der Waals surface area (Å²) in [6.45, 7) is 1.53. The van der Waals surface area contributed by atoms with E-state index in [1.54, 1.807) is 5.51 Å². The molecule has 3 aromatic rings. The summed E-state index contributed by atoms with van der Waals surface area (Å²) in [5.41, 5.74) is 4.37. The fourth-order valence-electron chi connectivity index (χ4n) is 2.82. The van der Waals surface area contributed by atoms with Gasteiger partial charge in [0, 0.05) is 12.0 Å². The van der Waals surface area contributed by atoms with Gasteiger partial charge in [0.05, 0.1) is 29.2 Å². The Kier molecular flexibility index (Phi) is 3.80. The van der Waals surface area contributed by atoms with Crippen molar-refractivity contribution in [3.05, 3.63) is 35.2 Å². The number of hydrogen-bond donors (Lipinski definition) is 1. The van der Waals surface area contributed by atoms with Crippen LogP contribution in [0.1, 0.15) is 6.42 Å². The summed E-state index contributed by atoms with van der Waals surface area (Å²) >= 11 is 1.52. The Morgan fingerprint density at radius 3 is 3.13 bits per heavy atom. The molecule has 0 aliphatic carbocycles. The predicted octanol–water partition coefficient (Wildman–Crippen LogP) is 2.06. The van der Waals surface area contributed by atoms with E-state index in [0.29, 0.717) is 13.2 Å². The lowest BCUT2D eigenvalue weighted by atomic mass is 10.2. The van der Waals surface area contributed by atoms with Crippen LogP contribution < -0.4 is 5.32 Å². The van der Waals surface area contributed by atoms with Crippen molar-refractivity contribution >= 4 is 28.3 Å². The predicted molar refractivity (Wildman–Crippen MR) is 88.2 cm³/mol. The fraction of sp³-hybridized carbons (Fsp3) is 0.312. The molecule has 1 atom stereocenters. The van der Waals surface area contributed by atoms with Gasteiger partial charge in [-0.3, -0.25) is 4.79 Å². The number of rotatable bonds is 4. The Hall–Kier alpha value is -2.25. The lowest BCUT2D eigenvalue weighted by molar-refractivity contribution is -0.122. The summed E-state index contributed by atoms with van der Waals surface area (Å²) in [4.78, 5) is 21.4. The summed E-state index contributed by atoms with van der Waals surface area (Å²) in [6, 6.07) is 7.93. The van der Waals surface area contributed by atoms with Gasteiger partial charge in [0.25, 0.3) is 0 Å². The number of nitrogens with zero attached hydrogens (tertiary/aromatic N) is 3. The number of fused-ring (bicyclic) bond motifs is 1. The Morgan fingerprint density at radius 1 is 1.43 bits per heavy atom. The van der Waals surface area contributed by atoms with Crippen molar-refractivity contribution in [2.24, 2.45) is 0 Å². The van der Waals surface area contributed by atoms with E-state index in [0.717, 1.165) is 29.0 Å². The monoisotopic (exact) mass is 328 g/mol. The van der Waals surface area contributed by atoms with Gasteiger partial charge in [0.15, 0.2) is 5.82 Å². The second-order valence-corrected chi connectivity index (χ2v) is 6.23. The smallest absolute Gasteiger partial charge is 0.240 e. The minimum atomic E-state index is -0.0277. The average molecular weight is 328 g/mol. The van der Waals surface area contributed by atoms with Crippen molar-refractivity contribution in [1.82, 2.24) is 19.9 Å². The molecule has 0 spiro atoms. The van der Waals surface area contributed by atoms with Crippen molar-refractivity contribution in [3.8, 4) is 11.5 Å². The lowest BCUT2D eigenvalue weighted by Gasteiger charge is -2.12. The molecule has 1 fully saturated rings. The summed E-state index contributed by atoms with van der Waals surface area (Å²) in [7, 11) is 0. The van der Waals surface area contributed by atoms with E-state index in [-0.39, 0.29) is 18.5 Å². The zero-order valence-electron chi connectivity index (χ0n) is 12.4. The standard InChI is InChI=1S/C16H16N4O2S/c21-15(18-11-5-6-22-8-11)7-20-14-4-2-1-3-12(14)19-16(20)13-9-23-10-17-13/h1-4,9-11H,5-8H2,(H,18,21). The molecule has 1 N–H and O–H groups in total. The van der Waals surface area contributed by atoms with E-state index in [9.17, 15) is 4.79 Å². The molecule has 23 heavy (non-hydrogen) atoms. The molecule has 3 heterocycles. The Labute approximate surface area is 137 Å². The minimum absolute atomic E-state index is 0.0277. The van der Waals surface area contributed by atoms with Crippen LogP contribution in [-0.4, -0.2) is 39.7 Å². The summed E-state index contributed by atoms with van der Waals surface area (Å²) in [5.74, 6) is 0.699. The number of benzene rings is 1. The van der Waals surface area contributed by atoms with Crippen LogP contribution in [0.25, 0.3) is 22.6 Å². The number of carbonyl (C=O) groups is 1. The molecule has 1 aromatic carbocycles. The van der Waals surface area contributed by atoms with Crippen LogP contribution in [0.5, 0.6) is 0 Å². The van der Waals surface area contributed by atoms with Gasteiger partial charge in [-0.2, -0.15) is 0 Å². The van der Waals surface area contributed by atoms with Crippen LogP contribution >= 0.6 is 11.3 Å². The zero-order valence-corrected chi connectivity index (χ0v) is 13.3. The highest BCUT2D eigenvalue weighted by Gasteiger charge is 2.20. The number of imidazole rings is 1. The van der Waals surface area contributed by atoms with E-state index in [4.69, 9.17) is 4.74 Å². The van der Waals surface area contributed by atoms with Gasteiger partial charge in [-0.1, -0.05) is 12.1 Å². The summed E-state index contributed by atoms with van der Waals surface area (Å²) < 4.78 is 7.23. The molecular weight excluding hydrogens is 312 g/mol. The number of hydrogen-bond acceptors (Lipinski definition) is 5. The van der Waals surface area contributed by atoms with Crippen molar-refractivity contribution in [3.63, 3.8) is 0 Å². The van der Waals surface area contributed by atoms with Gasteiger partial charge in [0.1, 0.15) is 12.2 Å². The SMILES string of the molecule is O=C(Cn1c(-c2cscn2)nc2ccccc21)NC1CCOC1. The normalized spacial score (nSPS) is 17.7. The van der Waals surface area contributed by atoms with Crippen molar-refractivity contribution in [1.29, 1.82) is 0 Å². The first kappa shape index (κ1) is 14.3. The molecule has 2 aromatic heterocycles. The maximum Gasteiger partial charge on any atom is 0.240 e. The molecule has 6 nitrogen and oxygen atoms in total. The van der Waals surface area contributed by atoms with Crippen LogP contribution in [0.4, 0.5) is 0 Å². The highest BCUT2D eigenvalue weighted by atomic mass is 32.1. The first-order chi connectivity index (χ1) is 11.3. The van der Waals surface area contributed by atoms with E-state index in [1.807, 2.05) is 34.2 Å². The number of thiazole rings is 1. The molecule has 0 bridgehead atoms. The molecule has 0 radical (unpaired) electrons. The van der Waals surface area contributed by atoms with Crippen molar-refractivity contribution in [2.45, 2.75) is 19.0 Å². The van der Waals surface area contributed by atoms with Gasteiger partial charge < -0.3 is 14.6 Å². The van der Waals surface area contributed by atoms with Gasteiger partial charge >= 0.3 is 0 Å². The number of aromatic nitrogens is 3. The second kappa shape index (κ2) is 6.10. The molecule has 1 aliphatic rings. The van der Waals surface area contributed by atoms with Crippen LogP contribution in [0.3, 0.4) is 0 Å². The fourth-order valence-corrected chi connectivity index (χ4v) is 3.35. The Morgan fingerprint density at radius 2 is 2.35 bits per heavy atom. The molecule has 7 heteroatoms. The maximum atomic E-state index is 12.4. The van der Waals surface area contributed by atoms with Gasteiger partial charge in [-0.05, 0) is 18.6 Å².